The van der Waals surface area contributed by atoms with Gasteiger partial charge in [0.15, 0.2) is 0 Å². The fourth-order valence-corrected chi connectivity index (χ4v) is 5.26. The number of ether oxygens (including phenoxy) is 1. The van der Waals surface area contributed by atoms with Crippen LogP contribution in [-0.4, -0.2) is 16.6 Å². The van der Waals surface area contributed by atoms with Gasteiger partial charge in [-0.15, -0.1) is 11.3 Å². The van der Waals surface area contributed by atoms with Crippen molar-refractivity contribution in [2.75, 3.05) is 12.3 Å². The van der Waals surface area contributed by atoms with Crippen molar-refractivity contribution < 1.29 is 4.74 Å². The topological polar surface area (TPSA) is 109 Å². The molecular weight excluding hydrogens is 486 g/mol. The molecule has 0 bridgehead atoms. The zero-order valence-electron chi connectivity index (χ0n) is 18.1. The third-order valence-corrected chi connectivity index (χ3v) is 7.07. The average molecular weight is 504 g/mol. The summed E-state index contributed by atoms with van der Waals surface area (Å²) in [5.74, 6) is 1.30. The number of thiazole rings is 1. The SMILES string of the molecule is CCOc1ccc(-c2c(C#N)c(N)nc(SCc3csc(-c4ccc(Cl)cc4)n3)c2C#N)cc1. The fourth-order valence-electron chi connectivity index (χ4n) is 3.32. The lowest BCUT2D eigenvalue weighted by Gasteiger charge is -2.13. The highest BCUT2D eigenvalue weighted by Crippen LogP contribution is 2.37. The van der Waals surface area contributed by atoms with Crippen LogP contribution in [0.4, 0.5) is 5.82 Å². The monoisotopic (exact) mass is 503 g/mol. The van der Waals surface area contributed by atoms with Crippen molar-refractivity contribution in [3.8, 4) is 39.6 Å². The molecule has 0 fully saturated rings. The van der Waals surface area contributed by atoms with Gasteiger partial charge < -0.3 is 10.5 Å². The normalized spacial score (nSPS) is 10.5. The first-order valence-electron chi connectivity index (χ1n) is 10.2. The average Bonchev–Trinajstić information content (AvgIpc) is 3.32. The molecule has 4 aromatic rings. The van der Waals surface area contributed by atoms with Crippen molar-refractivity contribution in [1.82, 2.24) is 9.97 Å². The van der Waals surface area contributed by atoms with Crippen LogP contribution in [0.15, 0.2) is 58.9 Å². The summed E-state index contributed by atoms with van der Waals surface area (Å²) in [7, 11) is 0. The predicted octanol–water partition coefficient (Wildman–Crippen LogP) is 6.54. The van der Waals surface area contributed by atoms with E-state index in [-0.39, 0.29) is 11.4 Å². The molecule has 2 aromatic carbocycles. The maximum atomic E-state index is 9.98. The van der Waals surface area contributed by atoms with E-state index >= 15 is 0 Å². The Balaban J connectivity index is 1.65. The number of aromatic nitrogens is 2. The highest BCUT2D eigenvalue weighted by molar-refractivity contribution is 7.98. The molecule has 4 rings (SSSR count). The van der Waals surface area contributed by atoms with E-state index in [0.717, 1.165) is 16.3 Å². The van der Waals surface area contributed by atoms with Crippen molar-refractivity contribution in [3.05, 3.63) is 75.8 Å². The van der Waals surface area contributed by atoms with Crippen LogP contribution in [0, 0.1) is 22.7 Å². The number of nitrogen functional groups attached to an aromatic ring is 1. The maximum Gasteiger partial charge on any atom is 0.143 e. The van der Waals surface area contributed by atoms with Crippen molar-refractivity contribution in [3.63, 3.8) is 0 Å². The number of rotatable bonds is 7. The Labute approximate surface area is 210 Å². The summed E-state index contributed by atoms with van der Waals surface area (Å²) in [6.45, 7) is 2.45. The van der Waals surface area contributed by atoms with Crippen LogP contribution >= 0.6 is 34.7 Å². The van der Waals surface area contributed by atoms with Crippen LogP contribution in [-0.2, 0) is 5.75 Å². The second-order valence-corrected chi connectivity index (χ2v) is 9.31. The summed E-state index contributed by atoms with van der Waals surface area (Å²) in [5, 5.41) is 23.7. The minimum atomic E-state index is 0.0908. The Bertz CT molecular complexity index is 1400. The van der Waals surface area contributed by atoms with Crippen LogP contribution in [0.25, 0.3) is 21.7 Å². The van der Waals surface area contributed by atoms with Crippen molar-refractivity contribution >= 4 is 40.5 Å². The third kappa shape index (κ3) is 5.00. The lowest BCUT2D eigenvalue weighted by atomic mass is 9.97. The van der Waals surface area contributed by atoms with Crippen LogP contribution in [0.1, 0.15) is 23.7 Å². The number of benzene rings is 2. The second-order valence-electron chi connectivity index (χ2n) is 7.05. The summed E-state index contributed by atoms with van der Waals surface area (Å²) in [4.78, 5) is 9.06. The molecule has 34 heavy (non-hydrogen) atoms. The molecular formula is C25H18ClN5OS2. The number of thioether (sulfide) groups is 1. The van der Waals surface area contributed by atoms with Crippen LogP contribution in [0.5, 0.6) is 5.75 Å². The lowest BCUT2D eigenvalue weighted by molar-refractivity contribution is 0.340. The van der Waals surface area contributed by atoms with Gasteiger partial charge >= 0.3 is 0 Å². The predicted molar refractivity (Wildman–Crippen MR) is 137 cm³/mol. The maximum absolute atomic E-state index is 9.98. The van der Waals surface area contributed by atoms with Gasteiger partial charge in [0.2, 0.25) is 0 Å². The molecule has 0 amide bonds. The summed E-state index contributed by atoms with van der Waals surface area (Å²) >= 11 is 8.87. The van der Waals surface area contributed by atoms with E-state index in [1.54, 1.807) is 12.1 Å². The van der Waals surface area contributed by atoms with E-state index in [1.165, 1.54) is 23.1 Å². The third-order valence-electron chi connectivity index (χ3n) is 4.87. The molecule has 2 N–H and O–H groups in total. The highest BCUT2D eigenvalue weighted by atomic mass is 35.5. The molecule has 0 aliphatic carbocycles. The molecule has 0 aliphatic rings. The van der Waals surface area contributed by atoms with E-state index < -0.39 is 0 Å². The number of nitrogens with two attached hydrogens (primary N) is 1. The molecule has 0 spiro atoms. The number of hydrogen-bond acceptors (Lipinski definition) is 8. The van der Waals surface area contributed by atoms with E-state index in [1.807, 2.05) is 48.7 Å². The van der Waals surface area contributed by atoms with Gasteiger partial charge in [0.05, 0.1) is 17.9 Å². The van der Waals surface area contributed by atoms with Gasteiger partial charge in [-0.25, -0.2) is 9.97 Å². The van der Waals surface area contributed by atoms with Gasteiger partial charge in [0.1, 0.15) is 39.3 Å². The Morgan fingerprint density at radius 2 is 1.68 bits per heavy atom. The molecule has 168 valence electrons. The summed E-state index contributed by atoms with van der Waals surface area (Å²) < 4.78 is 5.50. The first kappa shape index (κ1) is 23.6. The second kappa shape index (κ2) is 10.6. The number of hydrogen-bond donors (Lipinski definition) is 1. The lowest BCUT2D eigenvalue weighted by Crippen LogP contribution is -2.03. The van der Waals surface area contributed by atoms with E-state index in [0.29, 0.717) is 44.8 Å². The molecule has 0 radical (unpaired) electrons. The number of pyridine rings is 1. The van der Waals surface area contributed by atoms with Gasteiger partial charge in [0.25, 0.3) is 0 Å². The van der Waals surface area contributed by atoms with Crippen molar-refractivity contribution in [1.29, 1.82) is 10.5 Å². The Morgan fingerprint density at radius 1 is 1.00 bits per heavy atom. The summed E-state index contributed by atoms with van der Waals surface area (Å²) in [6.07, 6.45) is 0. The zero-order valence-corrected chi connectivity index (χ0v) is 20.5. The molecule has 0 unspecified atom stereocenters. The fraction of sp³-hybridized carbons (Fsp3) is 0.120. The van der Waals surface area contributed by atoms with Crippen molar-refractivity contribution in [2.45, 2.75) is 17.7 Å². The minimum absolute atomic E-state index is 0.0908. The van der Waals surface area contributed by atoms with E-state index in [4.69, 9.17) is 27.1 Å². The van der Waals surface area contributed by atoms with Crippen LogP contribution < -0.4 is 10.5 Å². The quantitative estimate of drug-likeness (QED) is 0.285. The van der Waals surface area contributed by atoms with Gasteiger partial charge in [0, 0.05) is 27.3 Å². The number of halogens is 1. The molecule has 0 saturated carbocycles. The molecule has 0 saturated heterocycles. The van der Waals surface area contributed by atoms with Gasteiger partial charge in [-0.1, -0.05) is 47.6 Å². The van der Waals surface area contributed by atoms with E-state index in [2.05, 4.69) is 17.1 Å². The van der Waals surface area contributed by atoms with Gasteiger partial charge in [-0.3, -0.25) is 0 Å². The largest absolute Gasteiger partial charge is 0.494 e. The summed E-state index contributed by atoms with van der Waals surface area (Å²) in [5.41, 5.74) is 9.64. The molecule has 9 heteroatoms. The Hall–Kier alpha value is -3.56. The number of nitriles is 2. The Kier molecular flexibility index (Phi) is 7.34. The van der Waals surface area contributed by atoms with Gasteiger partial charge in [-0.2, -0.15) is 10.5 Å². The van der Waals surface area contributed by atoms with E-state index in [9.17, 15) is 10.5 Å². The molecule has 0 aliphatic heterocycles. The number of anilines is 1. The molecule has 2 heterocycles. The van der Waals surface area contributed by atoms with Crippen LogP contribution in [0.2, 0.25) is 5.02 Å². The minimum Gasteiger partial charge on any atom is -0.494 e. The highest BCUT2D eigenvalue weighted by Gasteiger charge is 2.21. The summed E-state index contributed by atoms with van der Waals surface area (Å²) in [6, 6.07) is 19.1. The zero-order chi connectivity index (χ0) is 24.1. The van der Waals surface area contributed by atoms with Gasteiger partial charge in [-0.05, 0) is 36.8 Å². The molecule has 2 aromatic heterocycles. The van der Waals surface area contributed by atoms with Crippen molar-refractivity contribution in [2.24, 2.45) is 0 Å². The molecule has 6 nitrogen and oxygen atoms in total. The smallest absolute Gasteiger partial charge is 0.143 e. The van der Waals surface area contributed by atoms with Crippen LogP contribution in [0.3, 0.4) is 0 Å². The Morgan fingerprint density at radius 3 is 2.32 bits per heavy atom. The first-order chi connectivity index (χ1) is 16.5. The first-order valence-corrected chi connectivity index (χ1v) is 12.5. The standard InChI is InChI=1S/C25H18ClN5OS2/c1-2-32-19-9-5-15(6-10-19)22-20(11-27)23(29)31-25(21(22)12-28)34-14-18-13-33-24(30-18)16-3-7-17(26)8-4-16/h3-10,13H,2,14H2,1H3,(H2,29,31). The molecule has 0 atom stereocenters. The number of nitrogens with zero attached hydrogens (tertiary/aromatic N) is 4.